The largest absolute Gasteiger partial charge is 0.468 e. The van der Waals surface area contributed by atoms with Gasteiger partial charge in [-0.3, -0.25) is 4.79 Å². The van der Waals surface area contributed by atoms with Crippen LogP contribution < -0.4 is 5.32 Å². The maximum absolute atomic E-state index is 10.1. The Balaban J connectivity index is 0.000000224. The zero-order valence-corrected chi connectivity index (χ0v) is 11.3. The van der Waals surface area contributed by atoms with Gasteiger partial charge in [-0.25, -0.2) is 0 Å². The zero-order chi connectivity index (χ0) is 13.9. The molecule has 0 spiro atoms. The number of methoxy groups -OCH3 is 1. The number of benzene rings is 2. The van der Waals surface area contributed by atoms with E-state index in [1.165, 1.54) is 18.2 Å². The number of carbonyl (C=O) groups is 1. The van der Waals surface area contributed by atoms with E-state index < -0.39 is 0 Å². The fourth-order valence-electron chi connectivity index (χ4n) is 1.48. The maximum atomic E-state index is 10.1. The van der Waals surface area contributed by atoms with Crippen LogP contribution >= 0.6 is 0 Å². The summed E-state index contributed by atoms with van der Waals surface area (Å²) in [6.07, 6.45) is 0. The molecular weight excluding hydrogens is 238 g/mol. The summed E-state index contributed by atoms with van der Waals surface area (Å²) < 4.78 is 4.29. The Morgan fingerprint density at radius 1 is 0.947 bits per heavy atom. The van der Waals surface area contributed by atoms with Gasteiger partial charge in [-0.2, -0.15) is 0 Å². The third kappa shape index (κ3) is 5.84. The van der Waals surface area contributed by atoms with Crippen molar-refractivity contribution in [3.05, 3.63) is 60.7 Å². The van der Waals surface area contributed by atoms with Gasteiger partial charge >= 0.3 is 5.97 Å². The molecule has 0 aliphatic carbocycles. The maximum Gasteiger partial charge on any atom is 0.319 e. The molecule has 3 nitrogen and oxygen atoms in total. The highest BCUT2D eigenvalue weighted by Crippen LogP contribution is 2.17. The molecule has 3 heteroatoms. The molecule has 0 unspecified atom stereocenters. The van der Waals surface area contributed by atoms with Crippen LogP contribution in [0.25, 0.3) is 11.1 Å². The quantitative estimate of drug-likeness (QED) is 0.859. The van der Waals surface area contributed by atoms with Crippen LogP contribution in [0.15, 0.2) is 60.7 Å². The number of rotatable bonds is 3. The molecular formula is C16H19NO2. The molecule has 2 aromatic rings. The fourth-order valence-corrected chi connectivity index (χ4v) is 1.48. The van der Waals surface area contributed by atoms with Crippen molar-refractivity contribution in [2.45, 2.75) is 0 Å². The lowest BCUT2D eigenvalue weighted by molar-refractivity contribution is -0.139. The SMILES string of the molecule is CNCC(=O)OC.c1ccc(-c2ccccc2)cc1. The second-order valence-electron chi connectivity index (χ2n) is 3.84. The van der Waals surface area contributed by atoms with E-state index in [2.05, 4.69) is 58.6 Å². The first-order valence-electron chi connectivity index (χ1n) is 6.09. The molecule has 0 bridgehead atoms. The minimum absolute atomic E-state index is 0.234. The minimum atomic E-state index is -0.234. The number of likely N-dealkylation sites (N-methyl/N-ethyl adjacent to an activating group) is 1. The molecule has 2 rings (SSSR count). The summed E-state index contributed by atoms with van der Waals surface area (Å²) in [4.78, 5) is 10.1. The molecule has 0 aliphatic heterocycles. The topological polar surface area (TPSA) is 38.3 Å². The molecule has 2 aromatic carbocycles. The van der Waals surface area contributed by atoms with Crippen molar-refractivity contribution in [3.8, 4) is 11.1 Å². The number of hydrogen-bond acceptors (Lipinski definition) is 3. The predicted molar refractivity (Wildman–Crippen MR) is 77.8 cm³/mol. The van der Waals surface area contributed by atoms with Gasteiger partial charge in [0.15, 0.2) is 0 Å². The van der Waals surface area contributed by atoms with Crippen molar-refractivity contribution >= 4 is 5.97 Å². The molecule has 0 fully saturated rings. The van der Waals surface area contributed by atoms with Crippen LogP contribution in [0.5, 0.6) is 0 Å². The van der Waals surface area contributed by atoms with Crippen LogP contribution in [0.2, 0.25) is 0 Å². The second-order valence-corrected chi connectivity index (χ2v) is 3.84. The second kappa shape index (κ2) is 8.89. The lowest BCUT2D eigenvalue weighted by Crippen LogP contribution is -2.19. The number of carbonyl (C=O) groups excluding carboxylic acids is 1. The van der Waals surface area contributed by atoms with Crippen molar-refractivity contribution in [2.75, 3.05) is 20.7 Å². The number of nitrogens with one attached hydrogen (secondary N) is 1. The smallest absolute Gasteiger partial charge is 0.319 e. The minimum Gasteiger partial charge on any atom is -0.468 e. The van der Waals surface area contributed by atoms with Gasteiger partial charge in [0.05, 0.1) is 13.7 Å². The molecule has 0 amide bonds. The van der Waals surface area contributed by atoms with E-state index in [4.69, 9.17) is 0 Å². The van der Waals surface area contributed by atoms with Gasteiger partial charge in [0, 0.05) is 0 Å². The molecule has 0 heterocycles. The van der Waals surface area contributed by atoms with Gasteiger partial charge < -0.3 is 10.1 Å². The fraction of sp³-hybridized carbons (Fsp3) is 0.188. The van der Waals surface area contributed by atoms with Crippen LogP contribution in [0.4, 0.5) is 0 Å². The number of ether oxygens (including phenoxy) is 1. The highest BCUT2D eigenvalue weighted by molar-refractivity contribution is 5.71. The standard InChI is InChI=1S/C12H10.C4H9NO2/c1-3-7-11(8-4-1)12-9-5-2-6-10-12;1-5-3-4(6)7-2/h1-10H;5H,3H2,1-2H3. The van der Waals surface area contributed by atoms with Crippen LogP contribution in [-0.4, -0.2) is 26.7 Å². The van der Waals surface area contributed by atoms with Crippen molar-refractivity contribution in [1.29, 1.82) is 0 Å². The van der Waals surface area contributed by atoms with Crippen LogP contribution in [0.3, 0.4) is 0 Å². The van der Waals surface area contributed by atoms with E-state index in [0.717, 1.165) is 0 Å². The van der Waals surface area contributed by atoms with E-state index in [1.54, 1.807) is 7.05 Å². The van der Waals surface area contributed by atoms with Gasteiger partial charge in [-0.15, -0.1) is 0 Å². The van der Waals surface area contributed by atoms with E-state index in [-0.39, 0.29) is 12.5 Å². The van der Waals surface area contributed by atoms with E-state index in [9.17, 15) is 4.79 Å². The third-order valence-electron chi connectivity index (χ3n) is 2.43. The summed E-state index contributed by atoms with van der Waals surface area (Å²) in [6, 6.07) is 20.8. The van der Waals surface area contributed by atoms with E-state index in [1.807, 2.05) is 12.1 Å². The lowest BCUT2D eigenvalue weighted by Gasteiger charge is -1.98. The molecule has 1 N–H and O–H groups in total. The molecule has 19 heavy (non-hydrogen) atoms. The zero-order valence-electron chi connectivity index (χ0n) is 11.3. The monoisotopic (exact) mass is 257 g/mol. The molecule has 0 saturated heterocycles. The Kier molecular flexibility index (Phi) is 6.98. The summed E-state index contributed by atoms with van der Waals surface area (Å²) in [5.74, 6) is -0.234. The van der Waals surface area contributed by atoms with Crippen molar-refractivity contribution in [2.24, 2.45) is 0 Å². The molecule has 0 saturated carbocycles. The summed E-state index contributed by atoms with van der Waals surface area (Å²) in [5, 5.41) is 2.64. The van der Waals surface area contributed by atoms with Crippen LogP contribution in [0.1, 0.15) is 0 Å². The molecule has 100 valence electrons. The summed E-state index contributed by atoms with van der Waals surface area (Å²) in [5.41, 5.74) is 2.55. The van der Waals surface area contributed by atoms with Crippen molar-refractivity contribution in [1.82, 2.24) is 5.32 Å². The van der Waals surface area contributed by atoms with Gasteiger partial charge in [-0.1, -0.05) is 60.7 Å². The van der Waals surface area contributed by atoms with Crippen LogP contribution in [-0.2, 0) is 9.53 Å². The first-order valence-corrected chi connectivity index (χ1v) is 6.09. The Bertz CT molecular complexity index is 431. The summed E-state index contributed by atoms with van der Waals surface area (Å²) >= 11 is 0. The number of hydrogen-bond donors (Lipinski definition) is 1. The van der Waals surface area contributed by atoms with Gasteiger partial charge in [-0.05, 0) is 18.2 Å². The third-order valence-corrected chi connectivity index (χ3v) is 2.43. The predicted octanol–water partition coefficient (Wildman–Crippen LogP) is 2.73. The van der Waals surface area contributed by atoms with Gasteiger partial charge in [0.1, 0.15) is 0 Å². The molecule has 0 aromatic heterocycles. The average molecular weight is 257 g/mol. The first kappa shape index (κ1) is 14.9. The Hall–Kier alpha value is -2.13. The molecule has 0 radical (unpaired) electrons. The van der Waals surface area contributed by atoms with Gasteiger partial charge in [0.2, 0.25) is 0 Å². The first-order chi connectivity index (χ1) is 9.27. The summed E-state index contributed by atoms with van der Waals surface area (Å²) in [6.45, 7) is 0.288. The lowest BCUT2D eigenvalue weighted by atomic mass is 10.1. The summed E-state index contributed by atoms with van der Waals surface area (Å²) in [7, 11) is 3.05. The Morgan fingerprint density at radius 3 is 1.63 bits per heavy atom. The van der Waals surface area contributed by atoms with Gasteiger partial charge in [0.25, 0.3) is 0 Å². The van der Waals surface area contributed by atoms with Crippen molar-refractivity contribution < 1.29 is 9.53 Å². The van der Waals surface area contributed by atoms with E-state index >= 15 is 0 Å². The normalized spacial score (nSPS) is 9.16. The Labute approximate surface area is 114 Å². The highest BCUT2D eigenvalue weighted by atomic mass is 16.5. The molecule has 0 aliphatic rings. The Morgan fingerprint density at radius 2 is 1.37 bits per heavy atom. The molecule has 0 atom stereocenters. The van der Waals surface area contributed by atoms with Crippen LogP contribution in [0, 0.1) is 0 Å². The van der Waals surface area contributed by atoms with E-state index in [0.29, 0.717) is 0 Å². The highest BCUT2D eigenvalue weighted by Gasteiger charge is 1.92. The van der Waals surface area contributed by atoms with Crippen molar-refractivity contribution in [3.63, 3.8) is 0 Å². The average Bonchev–Trinajstić information content (AvgIpc) is 2.50. The number of esters is 1.